The van der Waals surface area contributed by atoms with E-state index < -0.39 is 0 Å². The molecule has 0 unspecified atom stereocenters. The summed E-state index contributed by atoms with van der Waals surface area (Å²) < 4.78 is 7.09. The normalized spacial score (nSPS) is 13.4. The van der Waals surface area contributed by atoms with Crippen molar-refractivity contribution in [2.24, 2.45) is 7.05 Å². The molecule has 0 aliphatic carbocycles. The first-order chi connectivity index (χ1) is 8.74. The maximum atomic E-state index is 11.6. The van der Waals surface area contributed by atoms with Crippen LogP contribution in [0.4, 0.5) is 5.69 Å². The average molecular weight is 242 g/mol. The minimum Gasteiger partial charge on any atom is -0.490 e. The molecule has 18 heavy (non-hydrogen) atoms. The minimum absolute atomic E-state index is 0.00516. The number of hydrogen-bond acceptors (Lipinski definition) is 3. The lowest BCUT2D eigenvalue weighted by Crippen LogP contribution is -2.18. The molecule has 0 spiro atoms. The van der Waals surface area contributed by atoms with E-state index >= 15 is 0 Å². The summed E-state index contributed by atoms with van der Waals surface area (Å²) in [4.78, 5) is 11.6. The highest BCUT2D eigenvalue weighted by Gasteiger charge is 2.10. The number of fused-ring (bicyclic) bond motifs is 1. The van der Waals surface area contributed by atoms with Crippen LogP contribution >= 0.6 is 0 Å². The zero-order chi connectivity index (χ0) is 12.5. The van der Waals surface area contributed by atoms with E-state index in [1.165, 1.54) is 0 Å². The van der Waals surface area contributed by atoms with Gasteiger partial charge in [-0.2, -0.15) is 0 Å². The number of aryl methyl sites for hydroxylation is 1. The van der Waals surface area contributed by atoms with Gasteiger partial charge in [0.15, 0.2) is 0 Å². The molecule has 4 heteroatoms. The molecule has 2 heterocycles. The third-order valence-electron chi connectivity index (χ3n) is 3.09. The minimum atomic E-state index is -0.00516. The van der Waals surface area contributed by atoms with Gasteiger partial charge in [0.2, 0.25) is 0 Å². The Morgan fingerprint density at radius 2 is 2.06 bits per heavy atom. The lowest BCUT2D eigenvalue weighted by atomic mass is 10.1. The van der Waals surface area contributed by atoms with Gasteiger partial charge in [0.1, 0.15) is 12.4 Å². The van der Waals surface area contributed by atoms with E-state index in [2.05, 4.69) is 5.32 Å². The van der Waals surface area contributed by atoms with Crippen molar-refractivity contribution in [3.8, 4) is 16.9 Å². The molecular weight excluding hydrogens is 228 g/mol. The summed E-state index contributed by atoms with van der Waals surface area (Å²) in [5.74, 6) is 0.869. The summed E-state index contributed by atoms with van der Waals surface area (Å²) >= 11 is 0. The summed E-state index contributed by atoms with van der Waals surface area (Å²) in [7, 11) is 1.74. The monoisotopic (exact) mass is 242 g/mol. The predicted molar refractivity (Wildman–Crippen MR) is 71.1 cm³/mol. The molecule has 1 aromatic heterocycles. The Hall–Kier alpha value is -2.23. The highest BCUT2D eigenvalue weighted by Crippen LogP contribution is 2.31. The number of anilines is 1. The van der Waals surface area contributed by atoms with Crippen LogP contribution in [0.1, 0.15) is 0 Å². The number of nitrogens with one attached hydrogen (secondary N) is 1. The Morgan fingerprint density at radius 3 is 2.89 bits per heavy atom. The summed E-state index contributed by atoms with van der Waals surface area (Å²) in [6.07, 6.45) is 1.78. The van der Waals surface area contributed by atoms with Gasteiger partial charge in [-0.05, 0) is 29.3 Å². The number of hydrogen-bond donors (Lipinski definition) is 1. The van der Waals surface area contributed by atoms with Gasteiger partial charge >= 0.3 is 0 Å². The number of pyridine rings is 1. The van der Waals surface area contributed by atoms with E-state index in [1.54, 1.807) is 23.9 Å². The summed E-state index contributed by atoms with van der Waals surface area (Å²) in [5.41, 5.74) is 2.92. The lowest BCUT2D eigenvalue weighted by molar-refractivity contribution is 0.323. The van der Waals surface area contributed by atoms with Gasteiger partial charge in [0.05, 0.1) is 5.69 Å². The third-order valence-corrected chi connectivity index (χ3v) is 3.09. The summed E-state index contributed by atoms with van der Waals surface area (Å²) in [5, 5.41) is 3.29. The van der Waals surface area contributed by atoms with Crippen LogP contribution in [-0.4, -0.2) is 17.7 Å². The van der Waals surface area contributed by atoms with Crippen LogP contribution in [0.15, 0.2) is 41.3 Å². The Balaban J connectivity index is 2.06. The number of rotatable bonds is 1. The van der Waals surface area contributed by atoms with Crippen LogP contribution in [0.2, 0.25) is 0 Å². The van der Waals surface area contributed by atoms with Gasteiger partial charge in [-0.25, -0.2) is 0 Å². The molecule has 92 valence electrons. The fourth-order valence-electron chi connectivity index (χ4n) is 2.05. The Kier molecular flexibility index (Phi) is 2.55. The lowest BCUT2D eigenvalue weighted by Gasteiger charge is -2.19. The first-order valence-electron chi connectivity index (χ1n) is 5.92. The first-order valence-corrected chi connectivity index (χ1v) is 5.92. The van der Waals surface area contributed by atoms with Gasteiger partial charge in [-0.15, -0.1) is 0 Å². The van der Waals surface area contributed by atoms with Crippen molar-refractivity contribution >= 4 is 5.69 Å². The molecule has 0 atom stereocenters. The Labute approximate surface area is 105 Å². The highest BCUT2D eigenvalue weighted by atomic mass is 16.5. The predicted octanol–water partition coefficient (Wildman–Crippen LogP) is 1.86. The molecule has 0 bridgehead atoms. The molecule has 1 aliphatic heterocycles. The topological polar surface area (TPSA) is 43.3 Å². The molecule has 0 saturated heterocycles. The molecule has 0 amide bonds. The Morgan fingerprint density at radius 1 is 1.22 bits per heavy atom. The van der Waals surface area contributed by atoms with Gasteiger partial charge in [-0.3, -0.25) is 4.79 Å². The van der Waals surface area contributed by atoms with Crippen molar-refractivity contribution in [3.63, 3.8) is 0 Å². The smallest absolute Gasteiger partial charge is 0.250 e. The van der Waals surface area contributed by atoms with Crippen LogP contribution in [0.25, 0.3) is 11.1 Å². The first kappa shape index (κ1) is 10.9. The number of nitrogens with zero attached hydrogens (tertiary/aromatic N) is 1. The molecule has 4 nitrogen and oxygen atoms in total. The van der Waals surface area contributed by atoms with Crippen molar-refractivity contribution < 1.29 is 4.74 Å². The van der Waals surface area contributed by atoms with Crippen LogP contribution < -0.4 is 15.6 Å². The SMILES string of the molecule is Cn1ccc(-c2ccc3c(c2)NCCO3)cc1=O. The van der Waals surface area contributed by atoms with Crippen LogP contribution in [0.5, 0.6) is 5.75 Å². The molecule has 0 fully saturated rings. The van der Waals surface area contributed by atoms with Crippen molar-refractivity contribution in [2.75, 3.05) is 18.5 Å². The van der Waals surface area contributed by atoms with Crippen molar-refractivity contribution in [1.82, 2.24) is 4.57 Å². The van der Waals surface area contributed by atoms with Gasteiger partial charge < -0.3 is 14.6 Å². The van der Waals surface area contributed by atoms with Gasteiger partial charge in [-0.1, -0.05) is 6.07 Å². The molecule has 0 saturated carbocycles. The molecular formula is C14H14N2O2. The fourth-order valence-corrected chi connectivity index (χ4v) is 2.05. The van der Waals surface area contributed by atoms with Gasteiger partial charge in [0, 0.05) is 25.9 Å². The van der Waals surface area contributed by atoms with Crippen LogP contribution in [0.3, 0.4) is 0 Å². The maximum absolute atomic E-state index is 11.6. The third kappa shape index (κ3) is 1.86. The zero-order valence-electron chi connectivity index (χ0n) is 10.1. The quantitative estimate of drug-likeness (QED) is 0.830. The molecule has 3 rings (SSSR count). The largest absolute Gasteiger partial charge is 0.490 e. The van der Waals surface area contributed by atoms with E-state index in [-0.39, 0.29) is 5.56 Å². The summed E-state index contributed by atoms with van der Waals surface area (Å²) in [6, 6.07) is 9.51. The molecule has 2 aromatic rings. The standard InChI is InChI=1S/C14H14N2O2/c1-16-6-4-11(9-14(16)17)10-2-3-13-12(8-10)15-5-7-18-13/h2-4,6,8-9,15H,5,7H2,1H3. The number of ether oxygens (including phenoxy) is 1. The molecule has 1 aromatic carbocycles. The second kappa shape index (κ2) is 4.22. The fraction of sp³-hybridized carbons (Fsp3) is 0.214. The average Bonchev–Trinajstić information content (AvgIpc) is 2.41. The van der Waals surface area contributed by atoms with Crippen LogP contribution in [-0.2, 0) is 7.05 Å². The zero-order valence-corrected chi connectivity index (χ0v) is 10.1. The molecule has 1 N–H and O–H groups in total. The highest BCUT2D eigenvalue weighted by molar-refractivity contribution is 5.72. The Bertz CT molecular complexity index is 646. The second-order valence-electron chi connectivity index (χ2n) is 4.35. The second-order valence-corrected chi connectivity index (χ2v) is 4.35. The van der Waals surface area contributed by atoms with Crippen molar-refractivity contribution in [1.29, 1.82) is 0 Å². The van der Waals surface area contributed by atoms with E-state index in [0.717, 1.165) is 29.1 Å². The van der Waals surface area contributed by atoms with Gasteiger partial charge in [0.25, 0.3) is 5.56 Å². The molecule has 1 aliphatic rings. The van der Waals surface area contributed by atoms with E-state index in [0.29, 0.717) is 6.61 Å². The van der Waals surface area contributed by atoms with E-state index in [9.17, 15) is 4.79 Å². The summed E-state index contributed by atoms with van der Waals surface area (Å²) in [6.45, 7) is 1.51. The number of aromatic nitrogens is 1. The van der Waals surface area contributed by atoms with E-state index in [1.807, 2.05) is 24.3 Å². The van der Waals surface area contributed by atoms with Crippen molar-refractivity contribution in [3.05, 3.63) is 46.9 Å². The molecule has 0 radical (unpaired) electrons. The maximum Gasteiger partial charge on any atom is 0.250 e. The van der Waals surface area contributed by atoms with E-state index in [4.69, 9.17) is 4.74 Å². The van der Waals surface area contributed by atoms with Crippen LogP contribution in [0, 0.1) is 0 Å². The van der Waals surface area contributed by atoms with Crippen molar-refractivity contribution in [2.45, 2.75) is 0 Å². The number of benzene rings is 1.